The standard InChI is InChI=1S/C28H38N2O5/c31-19-24-13-8-16-30(24)25(32)18-22-11-4-5-12-23(17-21-9-2-1-3-10-21)27(34)35-20-28(29-26(22)33)14-6-7-15-28/h1-5,9-10,22-24,31H,6-8,11-20H2,(H,29,33)/t22-,23-,24+/m1/s1. The molecule has 1 aromatic rings. The Bertz CT molecular complexity index is 909. The summed E-state index contributed by atoms with van der Waals surface area (Å²) in [5.41, 5.74) is 0.529. The molecule has 2 heterocycles. The highest BCUT2D eigenvalue weighted by atomic mass is 16.5. The zero-order valence-electron chi connectivity index (χ0n) is 20.5. The predicted octanol–water partition coefficient (Wildman–Crippen LogP) is 3.16. The molecule has 3 atom stereocenters. The normalized spacial score (nSPS) is 27.2. The molecule has 1 aromatic carbocycles. The van der Waals surface area contributed by atoms with Gasteiger partial charge in [0, 0.05) is 13.0 Å². The molecule has 2 amide bonds. The van der Waals surface area contributed by atoms with Gasteiger partial charge in [0.1, 0.15) is 6.61 Å². The topological polar surface area (TPSA) is 95.9 Å². The SMILES string of the molecule is O=C1NC2(CCCC2)COC(=O)[C@@H](Cc2ccccc2)CC=CC[C@@H]1CC(=O)N1CCC[C@H]1CO. The van der Waals surface area contributed by atoms with Gasteiger partial charge in [-0.15, -0.1) is 0 Å². The summed E-state index contributed by atoms with van der Waals surface area (Å²) in [6.07, 6.45) is 10.7. The van der Waals surface area contributed by atoms with Crippen molar-refractivity contribution in [1.82, 2.24) is 10.2 Å². The van der Waals surface area contributed by atoms with Crippen molar-refractivity contribution in [1.29, 1.82) is 0 Å². The molecule has 190 valence electrons. The van der Waals surface area contributed by atoms with E-state index in [2.05, 4.69) is 5.32 Å². The molecular weight excluding hydrogens is 444 g/mol. The van der Waals surface area contributed by atoms with Gasteiger partial charge in [0.05, 0.1) is 30.0 Å². The molecule has 1 aliphatic carbocycles. The van der Waals surface area contributed by atoms with E-state index < -0.39 is 11.5 Å². The number of hydrogen-bond donors (Lipinski definition) is 2. The van der Waals surface area contributed by atoms with Crippen molar-refractivity contribution >= 4 is 17.8 Å². The van der Waals surface area contributed by atoms with Gasteiger partial charge in [0.15, 0.2) is 0 Å². The van der Waals surface area contributed by atoms with Gasteiger partial charge in [-0.25, -0.2) is 0 Å². The Kier molecular flexibility index (Phi) is 8.60. The first-order valence-electron chi connectivity index (χ1n) is 13.1. The molecule has 0 radical (unpaired) electrons. The van der Waals surface area contributed by atoms with Crippen LogP contribution in [0.3, 0.4) is 0 Å². The molecule has 0 aromatic heterocycles. The average Bonchev–Trinajstić information content (AvgIpc) is 3.53. The quantitative estimate of drug-likeness (QED) is 0.497. The lowest BCUT2D eigenvalue weighted by Gasteiger charge is -2.33. The number of hydrogen-bond acceptors (Lipinski definition) is 5. The number of likely N-dealkylation sites (tertiary alicyclic amines) is 1. The first-order chi connectivity index (χ1) is 17.0. The van der Waals surface area contributed by atoms with Crippen molar-refractivity contribution in [3.8, 4) is 0 Å². The van der Waals surface area contributed by atoms with Crippen molar-refractivity contribution in [3.63, 3.8) is 0 Å². The third kappa shape index (κ3) is 6.51. The predicted molar refractivity (Wildman–Crippen MR) is 132 cm³/mol. The Morgan fingerprint density at radius 2 is 1.77 bits per heavy atom. The third-order valence-electron chi connectivity index (χ3n) is 7.81. The molecule has 1 saturated heterocycles. The minimum Gasteiger partial charge on any atom is -0.463 e. The van der Waals surface area contributed by atoms with Gasteiger partial charge in [0.2, 0.25) is 11.8 Å². The number of amides is 2. The molecule has 4 rings (SSSR count). The first-order valence-corrected chi connectivity index (χ1v) is 13.1. The summed E-state index contributed by atoms with van der Waals surface area (Å²) in [6.45, 7) is 0.765. The molecule has 7 heteroatoms. The number of cyclic esters (lactones) is 1. The lowest BCUT2D eigenvalue weighted by Crippen LogP contribution is -2.53. The second kappa shape index (κ2) is 11.8. The number of allylic oxidation sites excluding steroid dienone is 2. The van der Waals surface area contributed by atoms with Crippen LogP contribution in [0.4, 0.5) is 0 Å². The highest BCUT2D eigenvalue weighted by Gasteiger charge is 2.40. The molecule has 3 aliphatic rings. The van der Waals surface area contributed by atoms with Crippen LogP contribution in [0.1, 0.15) is 63.4 Å². The second-order valence-electron chi connectivity index (χ2n) is 10.4. The summed E-state index contributed by atoms with van der Waals surface area (Å²) in [4.78, 5) is 41.2. The maximum Gasteiger partial charge on any atom is 0.309 e. The second-order valence-corrected chi connectivity index (χ2v) is 10.4. The summed E-state index contributed by atoms with van der Waals surface area (Å²) >= 11 is 0. The number of aliphatic hydroxyl groups excluding tert-OH is 1. The number of aliphatic hydroxyl groups is 1. The Morgan fingerprint density at radius 1 is 1.06 bits per heavy atom. The molecule has 1 spiro atoms. The van der Waals surface area contributed by atoms with Crippen LogP contribution in [-0.2, 0) is 25.5 Å². The van der Waals surface area contributed by atoms with E-state index in [-0.39, 0.29) is 49.4 Å². The number of esters is 1. The third-order valence-corrected chi connectivity index (χ3v) is 7.81. The molecule has 0 bridgehead atoms. The zero-order valence-corrected chi connectivity index (χ0v) is 20.5. The van der Waals surface area contributed by atoms with Gasteiger partial charge in [0.25, 0.3) is 0 Å². The smallest absolute Gasteiger partial charge is 0.309 e. The summed E-state index contributed by atoms with van der Waals surface area (Å²) in [5.74, 6) is -1.23. The molecular formula is C28H38N2O5. The number of nitrogens with zero attached hydrogens (tertiary/aromatic N) is 1. The van der Waals surface area contributed by atoms with E-state index in [4.69, 9.17) is 4.74 Å². The van der Waals surface area contributed by atoms with E-state index in [1.807, 2.05) is 42.5 Å². The fraction of sp³-hybridized carbons (Fsp3) is 0.607. The van der Waals surface area contributed by atoms with Crippen LogP contribution in [0, 0.1) is 11.8 Å². The Labute approximate surface area is 207 Å². The Hall–Kier alpha value is -2.67. The van der Waals surface area contributed by atoms with E-state index in [1.165, 1.54) is 0 Å². The van der Waals surface area contributed by atoms with Crippen LogP contribution >= 0.6 is 0 Å². The lowest BCUT2D eigenvalue weighted by atomic mass is 9.92. The molecule has 2 fully saturated rings. The number of nitrogens with one attached hydrogen (secondary N) is 1. The molecule has 2 N–H and O–H groups in total. The fourth-order valence-corrected chi connectivity index (χ4v) is 5.70. The first kappa shape index (κ1) is 25.4. The minimum atomic E-state index is -0.560. The number of carbonyl (C=O) groups is 3. The number of benzene rings is 1. The Balaban J connectivity index is 1.51. The molecule has 35 heavy (non-hydrogen) atoms. The maximum absolute atomic E-state index is 13.4. The van der Waals surface area contributed by atoms with Crippen LogP contribution in [0.15, 0.2) is 42.5 Å². The minimum absolute atomic E-state index is 0.0419. The van der Waals surface area contributed by atoms with E-state index in [9.17, 15) is 19.5 Å². The molecule has 0 unspecified atom stereocenters. The van der Waals surface area contributed by atoms with E-state index in [0.717, 1.165) is 44.1 Å². The monoisotopic (exact) mass is 482 g/mol. The van der Waals surface area contributed by atoms with Crippen molar-refractivity contribution in [2.75, 3.05) is 19.8 Å². The van der Waals surface area contributed by atoms with Crippen molar-refractivity contribution in [3.05, 3.63) is 48.0 Å². The summed E-state index contributed by atoms with van der Waals surface area (Å²) in [5, 5.41) is 12.8. The number of rotatable bonds is 5. The number of carbonyl (C=O) groups excluding carboxylic acids is 3. The van der Waals surface area contributed by atoms with E-state index >= 15 is 0 Å². The molecule has 7 nitrogen and oxygen atoms in total. The van der Waals surface area contributed by atoms with Crippen LogP contribution in [-0.4, -0.2) is 59.1 Å². The highest BCUT2D eigenvalue weighted by molar-refractivity contribution is 5.86. The summed E-state index contributed by atoms with van der Waals surface area (Å²) in [7, 11) is 0. The summed E-state index contributed by atoms with van der Waals surface area (Å²) in [6, 6.07) is 9.79. The van der Waals surface area contributed by atoms with Gasteiger partial charge in [-0.1, -0.05) is 55.3 Å². The van der Waals surface area contributed by atoms with Gasteiger partial charge in [-0.05, 0) is 50.5 Å². The van der Waals surface area contributed by atoms with Gasteiger partial charge < -0.3 is 20.1 Å². The largest absolute Gasteiger partial charge is 0.463 e. The Morgan fingerprint density at radius 3 is 2.49 bits per heavy atom. The van der Waals surface area contributed by atoms with Crippen molar-refractivity contribution < 1.29 is 24.2 Å². The van der Waals surface area contributed by atoms with Crippen LogP contribution in [0.5, 0.6) is 0 Å². The molecule has 1 saturated carbocycles. The van der Waals surface area contributed by atoms with Gasteiger partial charge in [-0.3, -0.25) is 14.4 Å². The fourth-order valence-electron chi connectivity index (χ4n) is 5.70. The van der Waals surface area contributed by atoms with Crippen LogP contribution in [0.2, 0.25) is 0 Å². The summed E-state index contributed by atoms with van der Waals surface area (Å²) < 4.78 is 5.82. The maximum atomic E-state index is 13.4. The van der Waals surface area contributed by atoms with Crippen LogP contribution in [0.25, 0.3) is 0 Å². The van der Waals surface area contributed by atoms with E-state index in [0.29, 0.717) is 25.8 Å². The number of ether oxygens (including phenoxy) is 1. The highest BCUT2D eigenvalue weighted by Crippen LogP contribution is 2.32. The van der Waals surface area contributed by atoms with Gasteiger partial charge in [-0.2, -0.15) is 0 Å². The van der Waals surface area contributed by atoms with Crippen molar-refractivity contribution in [2.24, 2.45) is 11.8 Å². The van der Waals surface area contributed by atoms with Crippen LogP contribution < -0.4 is 5.32 Å². The zero-order chi connectivity index (χ0) is 24.7. The van der Waals surface area contributed by atoms with E-state index in [1.54, 1.807) is 4.90 Å². The molecule has 2 aliphatic heterocycles. The average molecular weight is 483 g/mol. The lowest BCUT2D eigenvalue weighted by molar-refractivity contribution is -0.152. The van der Waals surface area contributed by atoms with Crippen molar-refractivity contribution in [2.45, 2.75) is 75.8 Å². The van der Waals surface area contributed by atoms with Gasteiger partial charge >= 0.3 is 5.97 Å².